The summed E-state index contributed by atoms with van der Waals surface area (Å²) in [6.07, 6.45) is 0. The van der Waals surface area contributed by atoms with Crippen LogP contribution in [0.4, 0.5) is 0 Å². The molecule has 0 aliphatic carbocycles. The summed E-state index contributed by atoms with van der Waals surface area (Å²) in [5, 5.41) is 4.41. The minimum atomic E-state index is -0.626. The SMILES string of the molecule is CON=C(C(=O)OC)c1ccccc1COc1cc(Cl)c(OCc2ccc(OC)cc2)c(Cl)c1. The van der Waals surface area contributed by atoms with Gasteiger partial charge in [0.25, 0.3) is 0 Å². The lowest BCUT2D eigenvalue weighted by Crippen LogP contribution is -2.19. The summed E-state index contributed by atoms with van der Waals surface area (Å²) < 4.78 is 21.7. The molecule has 0 aromatic heterocycles. The van der Waals surface area contributed by atoms with E-state index in [1.165, 1.54) is 14.2 Å². The van der Waals surface area contributed by atoms with E-state index in [0.29, 0.717) is 32.7 Å². The number of ether oxygens (including phenoxy) is 4. The Kier molecular flexibility index (Phi) is 9.01. The van der Waals surface area contributed by atoms with Crippen LogP contribution in [-0.2, 0) is 27.6 Å². The molecule has 0 aliphatic heterocycles. The minimum Gasteiger partial charge on any atom is -0.497 e. The van der Waals surface area contributed by atoms with Gasteiger partial charge in [0.2, 0.25) is 0 Å². The lowest BCUT2D eigenvalue weighted by molar-refractivity contribution is -0.132. The molecule has 0 amide bonds. The van der Waals surface area contributed by atoms with Crippen molar-refractivity contribution in [1.82, 2.24) is 0 Å². The highest BCUT2D eigenvalue weighted by molar-refractivity contribution is 6.43. The largest absolute Gasteiger partial charge is 0.497 e. The van der Waals surface area contributed by atoms with Gasteiger partial charge in [-0.1, -0.05) is 64.8 Å². The summed E-state index contributed by atoms with van der Waals surface area (Å²) in [6, 6.07) is 17.8. The molecule has 0 spiro atoms. The number of benzene rings is 3. The Labute approximate surface area is 207 Å². The van der Waals surface area contributed by atoms with E-state index in [9.17, 15) is 4.79 Å². The Morgan fingerprint density at radius 3 is 2.15 bits per heavy atom. The van der Waals surface area contributed by atoms with Gasteiger partial charge in [0.05, 0.1) is 24.3 Å². The number of esters is 1. The van der Waals surface area contributed by atoms with Crippen LogP contribution in [-0.4, -0.2) is 33.0 Å². The maximum atomic E-state index is 12.1. The Hall–Kier alpha value is -3.42. The highest BCUT2D eigenvalue weighted by Crippen LogP contribution is 2.37. The van der Waals surface area contributed by atoms with Crippen molar-refractivity contribution in [1.29, 1.82) is 0 Å². The molecule has 0 aliphatic rings. The molecule has 0 N–H and O–H groups in total. The van der Waals surface area contributed by atoms with Crippen LogP contribution in [0.15, 0.2) is 65.8 Å². The average molecular weight is 504 g/mol. The molecule has 0 unspecified atom stereocenters. The first-order valence-electron chi connectivity index (χ1n) is 10.1. The molecule has 3 aromatic carbocycles. The normalized spacial score (nSPS) is 11.0. The van der Waals surface area contributed by atoms with Crippen molar-refractivity contribution in [3.05, 3.63) is 87.4 Å². The predicted octanol–water partition coefficient (Wildman–Crippen LogP) is 5.68. The van der Waals surface area contributed by atoms with Gasteiger partial charge in [0.15, 0.2) is 11.5 Å². The number of hydrogen-bond acceptors (Lipinski definition) is 7. The van der Waals surface area contributed by atoms with E-state index in [-0.39, 0.29) is 18.9 Å². The first-order chi connectivity index (χ1) is 16.5. The molecule has 0 bridgehead atoms. The van der Waals surface area contributed by atoms with E-state index in [2.05, 4.69) is 5.16 Å². The Morgan fingerprint density at radius 2 is 1.53 bits per heavy atom. The molecule has 34 heavy (non-hydrogen) atoms. The molecule has 0 heterocycles. The summed E-state index contributed by atoms with van der Waals surface area (Å²) in [4.78, 5) is 16.9. The second-order valence-electron chi connectivity index (χ2n) is 6.91. The topological polar surface area (TPSA) is 75.6 Å². The minimum absolute atomic E-state index is 0.0301. The molecule has 178 valence electrons. The first kappa shape index (κ1) is 25.2. The van der Waals surface area contributed by atoms with Crippen LogP contribution in [0.1, 0.15) is 16.7 Å². The summed E-state index contributed by atoms with van der Waals surface area (Å²) in [6.45, 7) is 0.404. The maximum Gasteiger partial charge on any atom is 0.360 e. The number of hydrogen-bond donors (Lipinski definition) is 0. The summed E-state index contributed by atoms with van der Waals surface area (Å²) in [5.74, 6) is 0.922. The van der Waals surface area contributed by atoms with Crippen LogP contribution in [0, 0.1) is 0 Å². The zero-order valence-corrected chi connectivity index (χ0v) is 20.4. The van der Waals surface area contributed by atoms with Crippen LogP contribution >= 0.6 is 23.2 Å². The third-order valence-electron chi connectivity index (χ3n) is 4.74. The highest BCUT2D eigenvalue weighted by Gasteiger charge is 2.19. The molecule has 3 rings (SSSR count). The Morgan fingerprint density at radius 1 is 0.853 bits per heavy atom. The molecule has 0 saturated heterocycles. The number of rotatable bonds is 10. The molecular formula is C25H23Cl2NO6. The fraction of sp³-hybridized carbons (Fsp3) is 0.200. The molecule has 3 aromatic rings. The van der Waals surface area contributed by atoms with Gasteiger partial charge in [-0.15, -0.1) is 0 Å². The second-order valence-corrected chi connectivity index (χ2v) is 7.73. The Bertz CT molecular complexity index is 1140. The van der Waals surface area contributed by atoms with Gasteiger partial charge in [0, 0.05) is 17.7 Å². The van der Waals surface area contributed by atoms with Crippen LogP contribution in [0.2, 0.25) is 10.0 Å². The lowest BCUT2D eigenvalue weighted by atomic mass is 10.0. The van der Waals surface area contributed by atoms with Crippen LogP contribution in [0.3, 0.4) is 0 Å². The van der Waals surface area contributed by atoms with Gasteiger partial charge in [-0.3, -0.25) is 0 Å². The number of oxime groups is 1. The fourth-order valence-corrected chi connectivity index (χ4v) is 3.63. The van der Waals surface area contributed by atoms with Gasteiger partial charge in [-0.05, 0) is 23.3 Å². The van der Waals surface area contributed by atoms with Crippen LogP contribution < -0.4 is 14.2 Å². The first-order valence-corrected chi connectivity index (χ1v) is 10.9. The van der Waals surface area contributed by atoms with E-state index in [1.807, 2.05) is 30.3 Å². The standard InChI is InChI=1S/C25H23Cl2NO6/c1-30-18-10-8-16(9-11-18)14-34-24-21(26)12-19(13-22(24)27)33-15-17-6-4-5-7-20(17)23(28-32-3)25(29)31-2/h4-13H,14-15H2,1-3H3. The van der Waals surface area contributed by atoms with Crippen molar-refractivity contribution >= 4 is 34.9 Å². The number of methoxy groups -OCH3 is 2. The molecule has 0 atom stereocenters. The van der Waals surface area contributed by atoms with Crippen molar-refractivity contribution < 1.29 is 28.6 Å². The van der Waals surface area contributed by atoms with Crippen molar-refractivity contribution in [2.45, 2.75) is 13.2 Å². The van der Waals surface area contributed by atoms with Gasteiger partial charge in [-0.25, -0.2) is 4.79 Å². The third-order valence-corrected chi connectivity index (χ3v) is 5.30. The zero-order chi connectivity index (χ0) is 24.5. The van der Waals surface area contributed by atoms with Crippen molar-refractivity contribution in [2.75, 3.05) is 21.3 Å². The highest BCUT2D eigenvalue weighted by atomic mass is 35.5. The molecule has 9 heteroatoms. The van der Waals surface area contributed by atoms with Gasteiger partial charge in [0.1, 0.15) is 31.8 Å². The Balaban J connectivity index is 1.73. The number of nitrogens with zero attached hydrogens (tertiary/aromatic N) is 1. The molecule has 7 nitrogen and oxygen atoms in total. The van der Waals surface area contributed by atoms with E-state index in [4.69, 9.17) is 47.0 Å². The summed E-state index contributed by atoms with van der Waals surface area (Å²) in [7, 11) is 4.23. The third kappa shape index (κ3) is 6.34. The van der Waals surface area contributed by atoms with E-state index >= 15 is 0 Å². The number of halogens is 2. The zero-order valence-electron chi connectivity index (χ0n) is 18.8. The van der Waals surface area contributed by atoms with Gasteiger partial charge >= 0.3 is 5.97 Å². The quantitative estimate of drug-likeness (QED) is 0.201. The maximum absolute atomic E-state index is 12.1. The van der Waals surface area contributed by atoms with Crippen molar-refractivity contribution in [3.63, 3.8) is 0 Å². The molecular weight excluding hydrogens is 481 g/mol. The van der Waals surface area contributed by atoms with E-state index < -0.39 is 5.97 Å². The van der Waals surface area contributed by atoms with Crippen molar-refractivity contribution in [3.8, 4) is 17.2 Å². The smallest absolute Gasteiger partial charge is 0.360 e. The van der Waals surface area contributed by atoms with E-state index in [0.717, 1.165) is 11.3 Å². The van der Waals surface area contributed by atoms with Gasteiger partial charge in [-0.2, -0.15) is 0 Å². The number of carbonyl (C=O) groups excluding carboxylic acids is 1. The molecule has 0 saturated carbocycles. The fourth-order valence-electron chi connectivity index (χ4n) is 3.06. The van der Waals surface area contributed by atoms with Crippen LogP contribution in [0.5, 0.6) is 17.2 Å². The average Bonchev–Trinajstić information content (AvgIpc) is 2.85. The number of carbonyl (C=O) groups is 1. The van der Waals surface area contributed by atoms with Gasteiger partial charge < -0.3 is 23.8 Å². The van der Waals surface area contributed by atoms with Crippen LogP contribution in [0.25, 0.3) is 0 Å². The second kappa shape index (κ2) is 12.2. The monoisotopic (exact) mass is 503 g/mol. The van der Waals surface area contributed by atoms with Crippen molar-refractivity contribution in [2.24, 2.45) is 5.16 Å². The summed E-state index contributed by atoms with van der Waals surface area (Å²) in [5.41, 5.74) is 2.18. The predicted molar refractivity (Wildman–Crippen MR) is 130 cm³/mol. The summed E-state index contributed by atoms with van der Waals surface area (Å²) >= 11 is 12.8. The molecule has 0 fully saturated rings. The molecule has 0 radical (unpaired) electrons. The van der Waals surface area contributed by atoms with E-state index in [1.54, 1.807) is 37.4 Å². The lowest BCUT2D eigenvalue weighted by Gasteiger charge is -2.14.